The number of ether oxygens (including phenoxy) is 1. The number of rotatable bonds is 6. The molecule has 1 aromatic heterocycles. The summed E-state index contributed by atoms with van der Waals surface area (Å²) in [4.78, 5) is 15.1. The van der Waals surface area contributed by atoms with Crippen molar-refractivity contribution >= 4 is 27.6 Å². The normalized spacial score (nSPS) is 12.4. The molecule has 0 aliphatic rings. The van der Waals surface area contributed by atoms with Crippen molar-refractivity contribution in [1.82, 2.24) is 10.2 Å². The van der Waals surface area contributed by atoms with Gasteiger partial charge in [0.05, 0.1) is 13.2 Å². The Balaban J connectivity index is 1.62. The maximum atomic E-state index is 13.0. The fraction of sp³-hybridized carbons (Fsp3) is 0.240. The highest BCUT2D eigenvalue weighted by Gasteiger charge is 2.22. The van der Waals surface area contributed by atoms with E-state index in [1.807, 2.05) is 75.6 Å². The molecule has 154 valence electrons. The topological polar surface area (TPSA) is 54.7 Å². The predicted molar refractivity (Wildman–Crippen MR) is 120 cm³/mol. The Labute approximate surface area is 176 Å². The maximum Gasteiger partial charge on any atom is 0.287 e. The number of furan rings is 1. The van der Waals surface area contributed by atoms with Crippen LogP contribution in [-0.2, 0) is 0 Å². The summed E-state index contributed by atoms with van der Waals surface area (Å²) >= 11 is 0. The number of carbonyl (C=O) groups excluding carboxylic acids is 1. The van der Waals surface area contributed by atoms with Crippen LogP contribution in [0.5, 0.6) is 5.75 Å². The van der Waals surface area contributed by atoms with E-state index < -0.39 is 0 Å². The largest absolute Gasteiger partial charge is 0.496 e. The molecule has 0 spiro atoms. The number of para-hydroxylation sites is 1. The molecule has 4 aromatic rings. The number of hydrogen-bond acceptors (Lipinski definition) is 4. The number of methoxy groups -OCH3 is 1. The minimum absolute atomic E-state index is 0.0318. The molecule has 1 heterocycles. The summed E-state index contributed by atoms with van der Waals surface area (Å²) in [5.41, 5.74) is 2.63. The molecule has 0 fully saturated rings. The van der Waals surface area contributed by atoms with Crippen LogP contribution >= 0.6 is 0 Å². The third-order valence-corrected chi connectivity index (χ3v) is 5.61. The summed E-state index contributed by atoms with van der Waals surface area (Å²) in [7, 11) is 5.63. The van der Waals surface area contributed by atoms with Crippen LogP contribution in [0.2, 0.25) is 0 Å². The molecule has 1 N–H and O–H groups in total. The first-order chi connectivity index (χ1) is 14.5. The lowest BCUT2D eigenvalue weighted by Gasteiger charge is -2.26. The highest BCUT2D eigenvalue weighted by molar-refractivity contribution is 6.08. The monoisotopic (exact) mass is 402 g/mol. The van der Waals surface area contributed by atoms with Crippen molar-refractivity contribution in [2.75, 3.05) is 27.7 Å². The van der Waals surface area contributed by atoms with E-state index in [-0.39, 0.29) is 11.9 Å². The highest BCUT2D eigenvalue weighted by Crippen LogP contribution is 2.32. The van der Waals surface area contributed by atoms with Gasteiger partial charge >= 0.3 is 0 Å². The highest BCUT2D eigenvalue weighted by atomic mass is 16.5. The number of benzene rings is 3. The van der Waals surface area contributed by atoms with Crippen LogP contribution < -0.4 is 10.1 Å². The lowest BCUT2D eigenvalue weighted by atomic mass is 10.0. The molecule has 5 nitrogen and oxygen atoms in total. The van der Waals surface area contributed by atoms with E-state index >= 15 is 0 Å². The van der Waals surface area contributed by atoms with Crippen LogP contribution in [0.1, 0.15) is 27.7 Å². The number of carbonyl (C=O) groups is 1. The summed E-state index contributed by atoms with van der Waals surface area (Å²) in [6.07, 6.45) is 0. The second-order valence-electron chi connectivity index (χ2n) is 7.65. The van der Waals surface area contributed by atoms with Gasteiger partial charge in [-0.3, -0.25) is 4.79 Å². The zero-order valence-corrected chi connectivity index (χ0v) is 17.7. The summed E-state index contributed by atoms with van der Waals surface area (Å²) in [5, 5.41) is 6.12. The molecule has 4 rings (SSSR count). The maximum absolute atomic E-state index is 13.0. The summed E-state index contributed by atoms with van der Waals surface area (Å²) in [6.45, 7) is 2.36. The Morgan fingerprint density at radius 3 is 2.53 bits per heavy atom. The number of hydrogen-bond donors (Lipinski definition) is 1. The number of amides is 1. The van der Waals surface area contributed by atoms with Gasteiger partial charge in [-0.15, -0.1) is 0 Å². The van der Waals surface area contributed by atoms with Crippen molar-refractivity contribution in [3.63, 3.8) is 0 Å². The van der Waals surface area contributed by atoms with E-state index in [0.717, 1.165) is 38.6 Å². The quantitative estimate of drug-likeness (QED) is 0.497. The van der Waals surface area contributed by atoms with Gasteiger partial charge in [0, 0.05) is 28.4 Å². The lowest BCUT2D eigenvalue weighted by molar-refractivity contribution is 0.0915. The van der Waals surface area contributed by atoms with E-state index in [1.165, 1.54) is 0 Å². The van der Waals surface area contributed by atoms with Gasteiger partial charge in [-0.2, -0.15) is 0 Å². The van der Waals surface area contributed by atoms with E-state index in [4.69, 9.17) is 9.15 Å². The Hall–Kier alpha value is -3.31. The Bertz CT molecular complexity index is 1210. The standard InChI is InChI=1S/C25H26N2O3/c1-16-18-14-13-17-9-5-6-10-19(17)24(18)30-23(16)25(28)26-15-21(27(2)3)20-11-7-8-12-22(20)29-4/h5-14,21H,15H2,1-4H3,(H,26,28)/t21-/m1/s1. The van der Waals surface area contributed by atoms with Crippen LogP contribution in [0, 0.1) is 6.92 Å². The van der Waals surface area contributed by atoms with Crippen LogP contribution in [0.4, 0.5) is 0 Å². The molecule has 30 heavy (non-hydrogen) atoms. The van der Waals surface area contributed by atoms with Gasteiger partial charge in [0.15, 0.2) is 5.76 Å². The van der Waals surface area contributed by atoms with Gasteiger partial charge in [0.1, 0.15) is 11.3 Å². The Morgan fingerprint density at radius 1 is 1.03 bits per heavy atom. The fourth-order valence-corrected chi connectivity index (χ4v) is 3.95. The van der Waals surface area contributed by atoms with Gasteiger partial charge in [0.25, 0.3) is 5.91 Å². The first-order valence-corrected chi connectivity index (χ1v) is 9.99. The molecule has 0 bridgehead atoms. The average Bonchev–Trinajstić information content (AvgIpc) is 3.11. The first kappa shape index (κ1) is 20.0. The minimum Gasteiger partial charge on any atom is -0.496 e. The van der Waals surface area contributed by atoms with Gasteiger partial charge in [-0.05, 0) is 32.5 Å². The van der Waals surface area contributed by atoms with E-state index in [9.17, 15) is 4.79 Å². The van der Waals surface area contributed by atoms with E-state index in [2.05, 4.69) is 16.3 Å². The molecular weight excluding hydrogens is 376 g/mol. The molecule has 0 aliphatic heterocycles. The Morgan fingerprint density at radius 2 is 1.77 bits per heavy atom. The van der Waals surface area contributed by atoms with Crippen molar-refractivity contribution in [2.24, 2.45) is 0 Å². The number of nitrogens with one attached hydrogen (secondary N) is 1. The molecule has 3 aromatic carbocycles. The lowest BCUT2D eigenvalue weighted by Crippen LogP contribution is -2.34. The fourth-order valence-electron chi connectivity index (χ4n) is 3.95. The first-order valence-electron chi connectivity index (χ1n) is 9.99. The zero-order chi connectivity index (χ0) is 21.3. The van der Waals surface area contributed by atoms with Crippen molar-refractivity contribution < 1.29 is 13.9 Å². The van der Waals surface area contributed by atoms with Gasteiger partial charge in [-0.1, -0.05) is 54.6 Å². The molecule has 0 unspecified atom stereocenters. The SMILES string of the molecule is COc1ccccc1[C@@H](CNC(=O)c1oc2c(ccc3ccccc32)c1C)N(C)C. The molecule has 1 amide bonds. The van der Waals surface area contributed by atoms with Gasteiger partial charge in [-0.25, -0.2) is 0 Å². The van der Waals surface area contributed by atoms with Crippen LogP contribution in [-0.4, -0.2) is 38.6 Å². The predicted octanol–water partition coefficient (Wildman–Crippen LogP) is 4.94. The van der Waals surface area contributed by atoms with Crippen molar-refractivity contribution in [2.45, 2.75) is 13.0 Å². The number of fused-ring (bicyclic) bond motifs is 3. The molecule has 5 heteroatoms. The minimum atomic E-state index is -0.213. The number of aryl methyl sites for hydroxylation is 1. The second kappa shape index (κ2) is 8.20. The molecular formula is C25H26N2O3. The van der Waals surface area contributed by atoms with Gasteiger partial charge < -0.3 is 19.4 Å². The van der Waals surface area contributed by atoms with Crippen LogP contribution in [0.15, 0.2) is 65.1 Å². The van der Waals surface area contributed by atoms with Crippen LogP contribution in [0.3, 0.4) is 0 Å². The average molecular weight is 402 g/mol. The summed E-state index contributed by atoms with van der Waals surface area (Å²) < 4.78 is 11.6. The molecule has 0 radical (unpaired) electrons. The van der Waals surface area contributed by atoms with Crippen LogP contribution in [0.25, 0.3) is 21.7 Å². The zero-order valence-electron chi connectivity index (χ0n) is 17.7. The van der Waals surface area contributed by atoms with Crippen molar-refractivity contribution in [1.29, 1.82) is 0 Å². The molecule has 0 saturated heterocycles. The Kier molecular flexibility index (Phi) is 5.46. The second-order valence-corrected chi connectivity index (χ2v) is 7.65. The summed E-state index contributed by atoms with van der Waals surface area (Å²) in [5.74, 6) is 0.949. The van der Waals surface area contributed by atoms with Crippen molar-refractivity contribution in [3.05, 3.63) is 77.6 Å². The molecule has 0 aliphatic carbocycles. The van der Waals surface area contributed by atoms with Gasteiger partial charge in [0.2, 0.25) is 0 Å². The third-order valence-electron chi connectivity index (χ3n) is 5.61. The van der Waals surface area contributed by atoms with Crippen molar-refractivity contribution in [3.8, 4) is 5.75 Å². The van der Waals surface area contributed by atoms with E-state index in [0.29, 0.717) is 12.3 Å². The third kappa shape index (κ3) is 3.53. The summed E-state index contributed by atoms with van der Waals surface area (Å²) in [6, 6.07) is 20.0. The molecule has 1 atom stereocenters. The number of nitrogens with zero attached hydrogens (tertiary/aromatic N) is 1. The molecule has 0 saturated carbocycles. The number of likely N-dealkylation sites (N-methyl/N-ethyl adjacent to an activating group) is 1. The van der Waals surface area contributed by atoms with E-state index in [1.54, 1.807) is 7.11 Å². The smallest absolute Gasteiger partial charge is 0.287 e.